The largest absolute Gasteiger partial charge is 0.344 e. The maximum Gasteiger partial charge on any atom is 0.313 e. The molecule has 1 atom stereocenters. The SMILES string of the molecule is CC(N)c1ccc(CNC(=O)C(=O)Nc2cnn(-c3ccccn3)c2)cc1. The average Bonchev–Trinajstić information content (AvgIpc) is 3.15. The number of pyridine rings is 1. The molecular weight excluding hydrogens is 344 g/mol. The maximum absolute atomic E-state index is 12.0. The van der Waals surface area contributed by atoms with E-state index in [-0.39, 0.29) is 12.6 Å². The lowest BCUT2D eigenvalue weighted by atomic mass is 10.1. The first-order chi connectivity index (χ1) is 13.0. The van der Waals surface area contributed by atoms with Crippen LogP contribution in [0.5, 0.6) is 0 Å². The van der Waals surface area contributed by atoms with Crippen LogP contribution in [0.25, 0.3) is 5.82 Å². The first-order valence-electron chi connectivity index (χ1n) is 8.42. The van der Waals surface area contributed by atoms with E-state index < -0.39 is 11.8 Å². The van der Waals surface area contributed by atoms with Crippen molar-refractivity contribution in [3.63, 3.8) is 0 Å². The highest BCUT2D eigenvalue weighted by Crippen LogP contribution is 2.11. The van der Waals surface area contributed by atoms with Gasteiger partial charge in [0.25, 0.3) is 0 Å². The van der Waals surface area contributed by atoms with Crippen LogP contribution in [0.15, 0.2) is 61.1 Å². The van der Waals surface area contributed by atoms with Crippen molar-refractivity contribution < 1.29 is 9.59 Å². The minimum absolute atomic E-state index is 0.0496. The fourth-order valence-corrected chi connectivity index (χ4v) is 2.39. The minimum atomic E-state index is -0.761. The molecule has 0 saturated heterocycles. The summed E-state index contributed by atoms with van der Waals surface area (Å²) in [6.07, 6.45) is 4.68. The maximum atomic E-state index is 12.0. The molecule has 138 valence electrons. The molecule has 0 aliphatic carbocycles. The topological polar surface area (TPSA) is 115 Å². The first-order valence-corrected chi connectivity index (χ1v) is 8.42. The molecule has 0 fully saturated rings. The van der Waals surface area contributed by atoms with Gasteiger partial charge in [0, 0.05) is 18.8 Å². The van der Waals surface area contributed by atoms with E-state index >= 15 is 0 Å². The molecule has 3 rings (SSSR count). The lowest BCUT2D eigenvalue weighted by molar-refractivity contribution is -0.136. The fraction of sp³-hybridized carbons (Fsp3) is 0.158. The highest BCUT2D eigenvalue weighted by atomic mass is 16.2. The van der Waals surface area contributed by atoms with Gasteiger partial charge in [0.2, 0.25) is 0 Å². The second kappa shape index (κ2) is 8.24. The van der Waals surface area contributed by atoms with Gasteiger partial charge in [0.15, 0.2) is 5.82 Å². The van der Waals surface area contributed by atoms with Crippen molar-refractivity contribution >= 4 is 17.5 Å². The molecule has 2 amide bonds. The molecule has 1 unspecified atom stereocenters. The summed E-state index contributed by atoms with van der Waals surface area (Å²) in [6.45, 7) is 2.15. The van der Waals surface area contributed by atoms with Crippen LogP contribution in [0.1, 0.15) is 24.1 Å². The summed E-state index contributed by atoms with van der Waals surface area (Å²) >= 11 is 0. The number of nitrogens with two attached hydrogens (primary N) is 1. The summed E-state index contributed by atoms with van der Waals surface area (Å²) in [4.78, 5) is 28.2. The van der Waals surface area contributed by atoms with Gasteiger partial charge in [-0.15, -0.1) is 0 Å². The Morgan fingerprint density at radius 3 is 2.59 bits per heavy atom. The van der Waals surface area contributed by atoms with Crippen LogP contribution in [-0.4, -0.2) is 26.6 Å². The zero-order valence-corrected chi connectivity index (χ0v) is 14.8. The van der Waals surface area contributed by atoms with E-state index in [2.05, 4.69) is 20.7 Å². The number of anilines is 1. The molecule has 27 heavy (non-hydrogen) atoms. The Morgan fingerprint density at radius 1 is 1.15 bits per heavy atom. The highest BCUT2D eigenvalue weighted by Gasteiger charge is 2.14. The second-order valence-electron chi connectivity index (χ2n) is 6.03. The third-order valence-corrected chi connectivity index (χ3v) is 3.89. The molecule has 0 aliphatic rings. The van der Waals surface area contributed by atoms with Gasteiger partial charge >= 0.3 is 11.8 Å². The van der Waals surface area contributed by atoms with Crippen molar-refractivity contribution in [3.05, 3.63) is 72.2 Å². The molecule has 2 aromatic heterocycles. The van der Waals surface area contributed by atoms with E-state index in [1.165, 1.54) is 10.9 Å². The lowest BCUT2D eigenvalue weighted by Crippen LogP contribution is -2.34. The standard InChI is InChI=1S/C19H20N6O2/c1-13(20)15-7-5-14(6-8-15)10-22-18(26)19(27)24-16-11-23-25(12-16)17-4-2-3-9-21-17/h2-9,11-13H,10,20H2,1H3,(H,22,26)(H,24,27). The zero-order chi connectivity index (χ0) is 19.2. The number of nitrogens with zero attached hydrogens (tertiary/aromatic N) is 3. The number of aromatic nitrogens is 3. The minimum Gasteiger partial charge on any atom is -0.344 e. The predicted molar refractivity (Wildman–Crippen MR) is 101 cm³/mol. The zero-order valence-electron chi connectivity index (χ0n) is 14.8. The van der Waals surface area contributed by atoms with Crippen LogP contribution < -0.4 is 16.4 Å². The molecule has 0 aliphatic heterocycles. The van der Waals surface area contributed by atoms with Crippen molar-refractivity contribution in [1.82, 2.24) is 20.1 Å². The van der Waals surface area contributed by atoms with Crippen molar-refractivity contribution in [2.45, 2.75) is 19.5 Å². The van der Waals surface area contributed by atoms with Gasteiger partial charge in [-0.3, -0.25) is 9.59 Å². The molecule has 0 spiro atoms. The van der Waals surface area contributed by atoms with Gasteiger partial charge in [-0.2, -0.15) is 5.10 Å². The molecule has 3 aromatic rings. The summed E-state index contributed by atoms with van der Waals surface area (Å²) in [5.41, 5.74) is 8.09. The van der Waals surface area contributed by atoms with Crippen molar-refractivity contribution in [2.24, 2.45) is 5.73 Å². The van der Waals surface area contributed by atoms with E-state index in [9.17, 15) is 9.59 Å². The molecule has 8 nitrogen and oxygen atoms in total. The van der Waals surface area contributed by atoms with E-state index in [1.54, 1.807) is 24.5 Å². The monoisotopic (exact) mass is 364 g/mol. The molecule has 0 bridgehead atoms. The van der Waals surface area contributed by atoms with E-state index in [0.29, 0.717) is 11.5 Å². The number of carbonyl (C=O) groups is 2. The van der Waals surface area contributed by atoms with Gasteiger partial charge in [-0.1, -0.05) is 30.3 Å². The quantitative estimate of drug-likeness (QED) is 0.594. The fourth-order valence-electron chi connectivity index (χ4n) is 2.39. The molecule has 0 radical (unpaired) electrons. The van der Waals surface area contributed by atoms with Gasteiger partial charge in [0.05, 0.1) is 18.1 Å². The first kappa shape index (κ1) is 18.3. The van der Waals surface area contributed by atoms with Crippen molar-refractivity contribution in [2.75, 3.05) is 5.32 Å². The summed E-state index contributed by atoms with van der Waals surface area (Å²) in [7, 11) is 0. The Balaban J connectivity index is 1.53. The number of hydrogen-bond donors (Lipinski definition) is 3. The molecule has 1 aromatic carbocycles. The summed E-state index contributed by atoms with van der Waals surface area (Å²) in [6, 6.07) is 12.9. The summed E-state index contributed by atoms with van der Waals surface area (Å²) in [5.74, 6) is -0.877. The number of hydrogen-bond acceptors (Lipinski definition) is 5. The third kappa shape index (κ3) is 4.77. The summed E-state index contributed by atoms with van der Waals surface area (Å²) < 4.78 is 1.51. The second-order valence-corrected chi connectivity index (χ2v) is 6.03. The van der Waals surface area contributed by atoms with Crippen LogP contribution in [0, 0.1) is 0 Å². The number of nitrogens with one attached hydrogen (secondary N) is 2. The molecule has 2 heterocycles. The smallest absolute Gasteiger partial charge is 0.313 e. The van der Waals surface area contributed by atoms with Crippen molar-refractivity contribution in [1.29, 1.82) is 0 Å². The molecule has 8 heteroatoms. The lowest BCUT2D eigenvalue weighted by Gasteiger charge is -2.08. The number of benzene rings is 1. The third-order valence-electron chi connectivity index (χ3n) is 3.89. The van der Waals surface area contributed by atoms with E-state index in [1.807, 2.05) is 37.3 Å². The van der Waals surface area contributed by atoms with Crippen molar-refractivity contribution in [3.8, 4) is 5.82 Å². The Bertz CT molecular complexity index is 919. The van der Waals surface area contributed by atoms with Crippen LogP contribution in [0.2, 0.25) is 0 Å². The Kier molecular flexibility index (Phi) is 5.58. The Hall–Kier alpha value is -3.52. The van der Waals surface area contributed by atoms with Gasteiger partial charge in [-0.25, -0.2) is 9.67 Å². The normalized spacial score (nSPS) is 11.6. The van der Waals surface area contributed by atoms with Gasteiger partial charge < -0.3 is 16.4 Å². The molecule has 4 N–H and O–H groups in total. The summed E-state index contributed by atoms with van der Waals surface area (Å²) in [5, 5.41) is 9.21. The van der Waals surface area contributed by atoms with Gasteiger partial charge in [-0.05, 0) is 30.2 Å². The van der Waals surface area contributed by atoms with Gasteiger partial charge in [0.1, 0.15) is 0 Å². The number of rotatable bonds is 5. The number of carbonyl (C=O) groups excluding carboxylic acids is 2. The predicted octanol–water partition coefficient (Wildman–Crippen LogP) is 1.54. The number of amides is 2. The average molecular weight is 364 g/mol. The Morgan fingerprint density at radius 2 is 1.93 bits per heavy atom. The van der Waals surface area contributed by atoms with Crippen LogP contribution in [-0.2, 0) is 16.1 Å². The highest BCUT2D eigenvalue weighted by molar-refractivity contribution is 6.39. The van der Waals surface area contributed by atoms with E-state index in [4.69, 9.17) is 5.73 Å². The van der Waals surface area contributed by atoms with Crippen LogP contribution >= 0.6 is 0 Å². The molecular formula is C19H20N6O2. The van der Waals surface area contributed by atoms with E-state index in [0.717, 1.165) is 11.1 Å². The molecule has 0 saturated carbocycles. The van der Waals surface area contributed by atoms with Crippen LogP contribution in [0.3, 0.4) is 0 Å². The Labute approximate surface area is 156 Å². The van der Waals surface area contributed by atoms with Crippen LogP contribution in [0.4, 0.5) is 5.69 Å².